The minimum absolute atomic E-state index is 0.0979. The first-order valence-electron chi connectivity index (χ1n) is 10.8. The van der Waals surface area contributed by atoms with Crippen molar-refractivity contribution in [3.63, 3.8) is 0 Å². The summed E-state index contributed by atoms with van der Waals surface area (Å²) in [7, 11) is 3.49. The van der Waals surface area contributed by atoms with Crippen molar-refractivity contribution in [1.29, 1.82) is 0 Å². The normalized spacial score (nSPS) is 15.4. The molecule has 5 rings (SSSR count). The monoisotopic (exact) mass is 473 g/mol. The van der Waals surface area contributed by atoms with Gasteiger partial charge in [-0.15, -0.1) is 10.2 Å². The predicted octanol–water partition coefficient (Wildman–Crippen LogP) is 4.55. The van der Waals surface area contributed by atoms with Crippen LogP contribution in [0.1, 0.15) is 23.6 Å². The predicted molar refractivity (Wildman–Crippen MR) is 130 cm³/mol. The van der Waals surface area contributed by atoms with E-state index in [1.807, 2.05) is 72.3 Å². The minimum Gasteiger partial charge on any atom is -0.497 e. The summed E-state index contributed by atoms with van der Waals surface area (Å²) in [5, 5.41) is 15.4. The van der Waals surface area contributed by atoms with Gasteiger partial charge in [0.05, 0.1) is 30.9 Å². The highest BCUT2D eigenvalue weighted by molar-refractivity contribution is 7.99. The molecule has 0 unspecified atom stereocenters. The number of thioether (sulfide) groups is 1. The summed E-state index contributed by atoms with van der Waals surface area (Å²) in [4.78, 5) is 13.3. The zero-order chi connectivity index (χ0) is 23.5. The van der Waals surface area contributed by atoms with Crippen LogP contribution in [0.3, 0.4) is 0 Å². The maximum atomic E-state index is 13.3. The quantitative estimate of drug-likeness (QED) is 0.366. The molecule has 0 fully saturated rings. The molecule has 1 amide bonds. The first kappa shape index (κ1) is 22.0. The van der Waals surface area contributed by atoms with Gasteiger partial charge in [-0.1, -0.05) is 54.2 Å². The van der Waals surface area contributed by atoms with Crippen molar-refractivity contribution in [2.24, 2.45) is 12.1 Å². The van der Waals surface area contributed by atoms with Gasteiger partial charge < -0.3 is 13.7 Å². The Kier molecular flexibility index (Phi) is 6.18. The van der Waals surface area contributed by atoms with Crippen molar-refractivity contribution in [2.45, 2.75) is 17.6 Å². The lowest BCUT2D eigenvalue weighted by atomic mass is 9.98. The number of furan rings is 1. The first-order chi connectivity index (χ1) is 16.6. The molecular weight excluding hydrogens is 450 g/mol. The van der Waals surface area contributed by atoms with E-state index in [1.54, 1.807) is 24.4 Å². The van der Waals surface area contributed by atoms with Crippen molar-refractivity contribution < 1.29 is 13.9 Å². The second-order valence-corrected chi connectivity index (χ2v) is 8.72. The summed E-state index contributed by atoms with van der Waals surface area (Å²) in [6.45, 7) is 0. The van der Waals surface area contributed by atoms with Gasteiger partial charge in [-0.2, -0.15) is 5.10 Å². The van der Waals surface area contributed by atoms with E-state index < -0.39 is 0 Å². The lowest BCUT2D eigenvalue weighted by Gasteiger charge is -2.22. The van der Waals surface area contributed by atoms with Crippen LogP contribution in [0.15, 0.2) is 87.7 Å². The SMILES string of the molecule is COc1ccc([C@@H]2CC(c3ccccc3)=NN2C(=O)CSc2nnc(-c3ccco3)n2C)cc1. The fourth-order valence-corrected chi connectivity index (χ4v) is 4.65. The fraction of sp³-hybridized carbons (Fsp3) is 0.200. The van der Waals surface area contributed by atoms with Crippen molar-refractivity contribution in [3.8, 4) is 17.3 Å². The number of carbonyl (C=O) groups is 1. The maximum absolute atomic E-state index is 13.3. The Morgan fingerprint density at radius 2 is 1.88 bits per heavy atom. The highest BCUT2D eigenvalue weighted by Gasteiger charge is 2.33. The molecule has 1 aliphatic rings. The molecule has 0 N–H and O–H groups in total. The Bertz CT molecular complexity index is 1300. The van der Waals surface area contributed by atoms with Gasteiger partial charge in [0.25, 0.3) is 5.91 Å². The highest BCUT2D eigenvalue weighted by Crippen LogP contribution is 2.34. The summed E-state index contributed by atoms with van der Waals surface area (Å²) >= 11 is 1.33. The molecule has 2 aromatic carbocycles. The first-order valence-corrected chi connectivity index (χ1v) is 11.8. The number of ether oxygens (including phenoxy) is 1. The molecule has 0 aliphatic carbocycles. The Morgan fingerprint density at radius 1 is 1.09 bits per heavy atom. The fourth-order valence-electron chi connectivity index (χ4n) is 3.88. The van der Waals surface area contributed by atoms with Crippen LogP contribution in [0.2, 0.25) is 0 Å². The van der Waals surface area contributed by atoms with Crippen molar-refractivity contribution >= 4 is 23.4 Å². The number of benzene rings is 2. The third-order valence-corrected chi connectivity index (χ3v) is 6.68. The average Bonchev–Trinajstić information content (AvgIpc) is 3.63. The largest absolute Gasteiger partial charge is 0.497 e. The molecular formula is C25H23N5O3S. The molecule has 8 nitrogen and oxygen atoms in total. The van der Waals surface area contributed by atoms with Crippen LogP contribution in [0.4, 0.5) is 0 Å². The molecule has 172 valence electrons. The summed E-state index contributed by atoms with van der Waals surface area (Å²) in [6, 6.07) is 21.2. The van der Waals surface area contributed by atoms with E-state index in [0.717, 1.165) is 22.6 Å². The van der Waals surface area contributed by atoms with Crippen molar-refractivity contribution in [2.75, 3.05) is 12.9 Å². The number of hydrazone groups is 1. The van der Waals surface area contributed by atoms with Gasteiger partial charge in [-0.3, -0.25) is 4.79 Å². The minimum atomic E-state index is -0.188. The third-order valence-electron chi connectivity index (χ3n) is 5.67. The molecule has 3 heterocycles. The second kappa shape index (κ2) is 9.56. The molecule has 0 spiro atoms. The van der Waals surface area contributed by atoms with Crippen molar-refractivity contribution in [3.05, 3.63) is 84.1 Å². The molecule has 4 aromatic rings. The van der Waals surface area contributed by atoms with E-state index in [4.69, 9.17) is 14.3 Å². The highest BCUT2D eigenvalue weighted by atomic mass is 32.2. The second-order valence-electron chi connectivity index (χ2n) is 7.78. The lowest BCUT2D eigenvalue weighted by molar-refractivity contribution is -0.130. The summed E-state index contributed by atoms with van der Waals surface area (Å²) in [6.07, 6.45) is 2.23. The standard InChI is InChI=1S/C25H23N5O3S/c1-29-24(22-9-6-14-33-22)26-27-25(29)34-16-23(31)30-21(18-10-12-19(32-2)13-11-18)15-20(28-30)17-7-4-3-5-8-17/h3-14,21H,15-16H2,1-2H3/t21-/m0/s1. The molecule has 2 aromatic heterocycles. The maximum Gasteiger partial charge on any atom is 0.253 e. The number of rotatable bonds is 7. The van der Waals surface area contributed by atoms with E-state index in [-0.39, 0.29) is 17.7 Å². The van der Waals surface area contributed by atoms with E-state index in [0.29, 0.717) is 23.2 Å². The number of hydrogen-bond donors (Lipinski definition) is 0. The zero-order valence-corrected chi connectivity index (χ0v) is 19.6. The number of nitrogens with zero attached hydrogens (tertiary/aromatic N) is 5. The van der Waals surface area contributed by atoms with Crippen LogP contribution in [-0.2, 0) is 11.8 Å². The van der Waals surface area contributed by atoms with Gasteiger partial charge >= 0.3 is 0 Å². The number of carbonyl (C=O) groups excluding carboxylic acids is 1. The Balaban J connectivity index is 1.37. The van der Waals surface area contributed by atoms with E-state index in [1.165, 1.54) is 11.8 Å². The Morgan fingerprint density at radius 3 is 2.59 bits per heavy atom. The van der Waals surface area contributed by atoms with Gasteiger partial charge in [0.2, 0.25) is 0 Å². The van der Waals surface area contributed by atoms with Crippen LogP contribution < -0.4 is 4.74 Å². The average molecular weight is 474 g/mol. The molecule has 0 bridgehead atoms. The van der Waals surface area contributed by atoms with Gasteiger partial charge in [-0.25, -0.2) is 5.01 Å². The van der Waals surface area contributed by atoms with Crippen LogP contribution in [0.5, 0.6) is 5.75 Å². The topological polar surface area (TPSA) is 85.8 Å². The number of hydrogen-bond acceptors (Lipinski definition) is 7. The lowest BCUT2D eigenvalue weighted by Crippen LogP contribution is -2.28. The molecule has 34 heavy (non-hydrogen) atoms. The van der Waals surface area contributed by atoms with Gasteiger partial charge in [0.1, 0.15) is 5.75 Å². The van der Waals surface area contributed by atoms with Crippen LogP contribution in [0.25, 0.3) is 11.6 Å². The van der Waals surface area contributed by atoms with Crippen LogP contribution in [0, 0.1) is 0 Å². The van der Waals surface area contributed by atoms with Crippen LogP contribution >= 0.6 is 11.8 Å². The number of aromatic nitrogens is 3. The summed E-state index contributed by atoms with van der Waals surface area (Å²) in [5.41, 5.74) is 2.91. The van der Waals surface area contributed by atoms with E-state index >= 15 is 0 Å². The number of amides is 1. The summed E-state index contributed by atoms with van der Waals surface area (Å²) < 4.78 is 12.5. The zero-order valence-electron chi connectivity index (χ0n) is 18.8. The number of methoxy groups -OCH3 is 1. The molecule has 0 saturated carbocycles. The van der Waals surface area contributed by atoms with Gasteiger partial charge in [0.15, 0.2) is 16.7 Å². The molecule has 1 aliphatic heterocycles. The molecule has 1 atom stereocenters. The van der Waals surface area contributed by atoms with Gasteiger partial charge in [-0.05, 0) is 35.4 Å². The Labute approximate surface area is 201 Å². The smallest absolute Gasteiger partial charge is 0.253 e. The van der Waals surface area contributed by atoms with E-state index in [9.17, 15) is 4.79 Å². The van der Waals surface area contributed by atoms with Gasteiger partial charge in [0, 0.05) is 13.5 Å². The molecule has 9 heteroatoms. The summed E-state index contributed by atoms with van der Waals surface area (Å²) in [5.74, 6) is 2.10. The molecule has 0 saturated heterocycles. The van der Waals surface area contributed by atoms with Crippen molar-refractivity contribution in [1.82, 2.24) is 19.8 Å². The molecule has 0 radical (unpaired) electrons. The van der Waals surface area contributed by atoms with E-state index in [2.05, 4.69) is 10.2 Å². The Hall–Kier alpha value is -3.85. The van der Waals surface area contributed by atoms with Crippen LogP contribution in [-0.4, -0.2) is 44.3 Å². The third kappa shape index (κ3) is 4.34.